The molecular formula is C8H7BrFN3. The topological polar surface area (TPSA) is 43.3 Å². The molecule has 0 aliphatic rings. The average Bonchev–Trinajstić information content (AvgIpc) is 2.43. The van der Waals surface area contributed by atoms with Gasteiger partial charge in [0, 0.05) is 12.3 Å². The van der Waals surface area contributed by atoms with Crippen LogP contribution in [0.3, 0.4) is 0 Å². The summed E-state index contributed by atoms with van der Waals surface area (Å²) < 4.78 is 15.2. The number of nitrogens with zero attached hydrogens (tertiary/aromatic N) is 2. The number of nitrogens with two attached hydrogens (primary N) is 1. The summed E-state index contributed by atoms with van der Waals surface area (Å²) in [5.74, 6) is 0.429. The van der Waals surface area contributed by atoms with Crippen molar-refractivity contribution in [3.05, 3.63) is 34.6 Å². The first-order valence-electron chi connectivity index (χ1n) is 3.74. The molecule has 0 aliphatic heterocycles. The van der Waals surface area contributed by atoms with Gasteiger partial charge in [-0.1, -0.05) is 0 Å². The van der Waals surface area contributed by atoms with Crippen molar-refractivity contribution in [3.63, 3.8) is 0 Å². The molecule has 0 saturated heterocycles. The predicted molar refractivity (Wildman–Crippen MR) is 50.7 cm³/mol. The molecule has 3 nitrogen and oxygen atoms in total. The molecule has 2 aromatic heterocycles. The zero-order valence-corrected chi connectivity index (χ0v) is 8.25. The third-order valence-corrected chi connectivity index (χ3v) is 2.40. The highest BCUT2D eigenvalue weighted by molar-refractivity contribution is 9.10. The summed E-state index contributed by atoms with van der Waals surface area (Å²) in [7, 11) is 0. The van der Waals surface area contributed by atoms with Crippen LogP contribution in [0, 0.1) is 5.82 Å². The first-order chi connectivity index (χ1) is 6.22. The van der Waals surface area contributed by atoms with Crippen molar-refractivity contribution in [2.24, 2.45) is 5.73 Å². The molecule has 0 unspecified atom stereocenters. The van der Waals surface area contributed by atoms with Gasteiger partial charge in [-0.25, -0.2) is 9.37 Å². The fraction of sp³-hybridized carbons (Fsp3) is 0.125. The Kier molecular flexibility index (Phi) is 2.05. The maximum Gasteiger partial charge on any atom is 0.132 e. The van der Waals surface area contributed by atoms with Crippen LogP contribution in [0.25, 0.3) is 5.52 Å². The molecule has 0 spiro atoms. The first-order valence-corrected chi connectivity index (χ1v) is 4.53. The minimum absolute atomic E-state index is 0.281. The Labute approximate surface area is 82.5 Å². The molecule has 5 heteroatoms. The summed E-state index contributed by atoms with van der Waals surface area (Å²) in [6, 6.07) is 2.79. The first kappa shape index (κ1) is 8.65. The van der Waals surface area contributed by atoms with Gasteiger partial charge >= 0.3 is 0 Å². The van der Waals surface area contributed by atoms with Crippen molar-refractivity contribution in [1.29, 1.82) is 0 Å². The highest BCUT2D eigenvalue weighted by Crippen LogP contribution is 2.19. The number of hydrogen-bond acceptors (Lipinski definition) is 2. The van der Waals surface area contributed by atoms with E-state index in [2.05, 4.69) is 20.9 Å². The molecule has 2 rings (SSSR count). The van der Waals surface area contributed by atoms with Crippen LogP contribution in [-0.2, 0) is 6.54 Å². The Bertz CT molecular complexity index is 452. The lowest BCUT2D eigenvalue weighted by Crippen LogP contribution is -2.02. The Hall–Kier alpha value is -0.940. The van der Waals surface area contributed by atoms with Crippen LogP contribution in [0.4, 0.5) is 4.39 Å². The molecule has 0 amide bonds. The second-order valence-electron chi connectivity index (χ2n) is 2.62. The quantitative estimate of drug-likeness (QED) is 0.829. The van der Waals surface area contributed by atoms with Gasteiger partial charge in [-0.3, -0.25) is 0 Å². The van der Waals surface area contributed by atoms with E-state index in [0.717, 1.165) is 0 Å². The lowest BCUT2D eigenvalue weighted by Gasteiger charge is -1.96. The van der Waals surface area contributed by atoms with E-state index in [0.29, 0.717) is 22.5 Å². The van der Waals surface area contributed by atoms with Gasteiger partial charge < -0.3 is 10.1 Å². The van der Waals surface area contributed by atoms with Crippen LogP contribution < -0.4 is 5.73 Å². The molecule has 0 radical (unpaired) electrons. The van der Waals surface area contributed by atoms with E-state index >= 15 is 0 Å². The van der Waals surface area contributed by atoms with Gasteiger partial charge in [-0.2, -0.15) is 0 Å². The number of aromatic nitrogens is 2. The Morgan fingerprint density at radius 3 is 3.08 bits per heavy atom. The average molecular weight is 244 g/mol. The minimum atomic E-state index is -0.281. The molecule has 0 atom stereocenters. The van der Waals surface area contributed by atoms with Crippen molar-refractivity contribution in [1.82, 2.24) is 9.38 Å². The molecule has 68 valence electrons. The number of fused-ring (bicyclic) bond motifs is 1. The van der Waals surface area contributed by atoms with Gasteiger partial charge in [0.25, 0.3) is 0 Å². The molecule has 2 heterocycles. The fourth-order valence-corrected chi connectivity index (χ4v) is 1.74. The van der Waals surface area contributed by atoms with Crippen LogP contribution in [0.5, 0.6) is 0 Å². The van der Waals surface area contributed by atoms with Crippen LogP contribution >= 0.6 is 15.9 Å². The largest absolute Gasteiger partial charge is 0.324 e. The molecular weight excluding hydrogens is 237 g/mol. The van der Waals surface area contributed by atoms with Crippen LogP contribution in [-0.4, -0.2) is 9.38 Å². The summed E-state index contributed by atoms with van der Waals surface area (Å²) in [5, 5.41) is 0. The zero-order chi connectivity index (χ0) is 9.42. The molecule has 2 N–H and O–H groups in total. The standard InChI is InChI=1S/C8H7BrFN3/c9-8-6-3-5(10)1-2-13(6)7(4-11)12-8/h1-3H,4,11H2. The van der Waals surface area contributed by atoms with Crippen molar-refractivity contribution < 1.29 is 4.39 Å². The number of hydrogen-bond donors (Lipinski definition) is 1. The summed E-state index contributed by atoms with van der Waals surface area (Å²) in [4.78, 5) is 4.14. The molecule has 2 aromatic rings. The van der Waals surface area contributed by atoms with Gasteiger partial charge in [0.1, 0.15) is 16.2 Å². The third-order valence-electron chi connectivity index (χ3n) is 1.82. The summed E-state index contributed by atoms with van der Waals surface area (Å²) in [6.07, 6.45) is 1.62. The monoisotopic (exact) mass is 243 g/mol. The van der Waals surface area contributed by atoms with Crippen molar-refractivity contribution >= 4 is 21.4 Å². The normalized spacial score (nSPS) is 11.0. The van der Waals surface area contributed by atoms with Gasteiger partial charge in [-0.15, -0.1) is 0 Å². The fourth-order valence-electron chi connectivity index (χ4n) is 1.23. The Morgan fingerprint density at radius 2 is 2.38 bits per heavy atom. The minimum Gasteiger partial charge on any atom is -0.324 e. The van der Waals surface area contributed by atoms with Crippen LogP contribution in [0.15, 0.2) is 22.9 Å². The Morgan fingerprint density at radius 1 is 1.62 bits per heavy atom. The number of rotatable bonds is 1. The van der Waals surface area contributed by atoms with Crippen molar-refractivity contribution in [2.75, 3.05) is 0 Å². The van der Waals surface area contributed by atoms with Crippen LogP contribution in [0.2, 0.25) is 0 Å². The SMILES string of the molecule is NCc1nc(Br)c2cc(F)ccn12. The summed E-state index contributed by atoms with van der Waals surface area (Å²) >= 11 is 3.24. The molecule has 0 aromatic carbocycles. The van der Waals surface area contributed by atoms with Gasteiger partial charge in [0.05, 0.1) is 12.1 Å². The van der Waals surface area contributed by atoms with Gasteiger partial charge in [-0.05, 0) is 22.0 Å². The van der Waals surface area contributed by atoms with E-state index < -0.39 is 0 Å². The number of imidazole rings is 1. The molecule has 0 bridgehead atoms. The van der Waals surface area contributed by atoms with Crippen molar-refractivity contribution in [2.45, 2.75) is 6.54 Å². The summed E-state index contributed by atoms with van der Waals surface area (Å²) in [5.41, 5.74) is 6.16. The van der Waals surface area contributed by atoms with E-state index in [1.165, 1.54) is 12.1 Å². The van der Waals surface area contributed by atoms with E-state index in [1.54, 1.807) is 10.6 Å². The molecule has 13 heavy (non-hydrogen) atoms. The summed E-state index contributed by atoms with van der Waals surface area (Å²) in [6.45, 7) is 0.332. The van der Waals surface area contributed by atoms with Crippen LogP contribution in [0.1, 0.15) is 5.82 Å². The predicted octanol–water partition coefficient (Wildman–Crippen LogP) is 1.69. The van der Waals surface area contributed by atoms with E-state index in [1.807, 2.05) is 0 Å². The highest BCUT2D eigenvalue weighted by atomic mass is 79.9. The highest BCUT2D eigenvalue weighted by Gasteiger charge is 2.07. The molecule has 0 fully saturated rings. The lowest BCUT2D eigenvalue weighted by atomic mass is 10.4. The second kappa shape index (κ2) is 3.08. The van der Waals surface area contributed by atoms with E-state index in [-0.39, 0.29) is 5.82 Å². The van der Waals surface area contributed by atoms with E-state index in [4.69, 9.17) is 5.73 Å². The number of pyridine rings is 1. The molecule has 0 saturated carbocycles. The van der Waals surface area contributed by atoms with Gasteiger partial charge in [0.15, 0.2) is 0 Å². The van der Waals surface area contributed by atoms with E-state index in [9.17, 15) is 4.39 Å². The molecule has 0 aliphatic carbocycles. The number of halogens is 2. The Balaban J connectivity index is 2.80. The van der Waals surface area contributed by atoms with Gasteiger partial charge in [0.2, 0.25) is 0 Å². The lowest BCUT2D eigenvalue weighted by molar-refractivity contribution is 0.626. The smallest absolute Gasteiger partial charge is 0.132 e. The third kappa shape index (κ3) is 1.34. The second-order valence-corrected chi connectivity index (χ2v) is 3.37. The maximum absolute atomic E-state index is 12.8. The van der Waals surface area contributed by atoms with Crippen molar-refractivity contribution in [3.8, 4) is 0 Å². The zero-order valence-electron chi connectivity index (χ0n) is 6.67. The maximum atomic E-state index is 12.8.